The zero-order valence-electron chi connectivity index (χ0n) is 6.85. The van der Waals surface area contributed by atoms with Crippen LogP contribution in [0, 0.1) is 5.82 Å². The smallest absolute Gasteiger partial charge is 0.214 e. The highest BCUT2D eigenvalue weighted by atomic mass is 35.5. The summed E-state index contributed by atoms with van der Waals surface area (Å²) in [5.74, 6) is -0.988. The van der Waals surface area contributed by atoms with E-state index in [-0.39, 0.29) is 0 Å². The number of alkyl halides is 3. The fourth-order valence-electron chi connectivity index (χ4n) is 0.778. The molecule has 0 aromatic heterocycles. The first-order chi connectivity index (χ1) is 6.66. The number of benzene rings is 1. The summed E-state index contributed by atoms with van der Waals surface area (Å²) >= 11 is 5.16. The van der Waals surface area contributed by atoms with E-state index in [4.69, 9.17) is 11.6 Å². The van der Waals surface area contributed by atoms with Crippen LogP contribution in [0.4, 0.5) is 17.6 Å². The monoisotopic (exact) mass is 262 g/mol. The lowest BCUT2D eigenvalue weighted by molar-refractivity contribution is -0.0436. The van der Waals surface area contributed by atoms with Gasteiger partial charge in [0, 0.05) is 0 Å². The molecule has 0 heterocycles. The molecule has 0 unspecified atom stereocenters. The van der Waals surface area contributed by atoms with Crippen molar-refractivity contribution in [1.82, 2.24) is 0 Å². The third-order valence-corrected chi connectivity index (χ3v) is 3.28. The van der Waals surface area contributed by atoms with Crippen LogP contribution in [0.3, 0.4) is 0 Å². The average Bonchev–Trinajstić information content (AvgIpc) is 2.07. The van der Waals surface area contributed by atoms with Crippen LogP contribution in [0.15, 0.2) is 23.1 Å². The summed E-state index contributed by atoms with van der Waals surface area (Å²) in [7, 11) is -5.47. The first kappa shape index (κ1) is 12.3. The van der Waals surface area contributed by atoms with Gasteiger partial charge in [0.2, 0.25) is 0 Å². The Bertz CT molecular complexity index is 480. The minimum absolute atomic E-state index is 0.416. The highest BCUT2D eigenvalue weighted by Gasteiger charge is 2.46. The average molecular weight is 263 g/mol. The van der Waals surface area contributed by atoms with Crippen molar-refractivity contribution in [2.45, 2.75) is 10.4 Å². The first-order valence-electron chi connectivity index (χ1n) is 3.42. The Labute approximate surface area is 87.4 Å². The van der Waals surface area contributed by atoms with Gasteiger partial charge in [-0.1, -0.05) is 11.6 Å². The van der Waals surface area contributed by atoms with Crippen LogP contribution in [-0.2, 0) is 9.84 Å². The topological polar surface area (TPSA) is 34.1 Å². The minimum Gasteiger partial charge on any atom is -0.214 e. The molecule has 0 aliphatic heterocycles. The zero-order valence-corrected chi connectivity index (χ0v) is 8.42. The van der Waals surface area contributed by atoms with Crippen molar-refractivity contribution in [2.75, 3.05) is 0 Å². The summed E-state index contributed by atoms with van der Waals surface area (Å²) < 4.78 is 70.3. The Hall–Kier alpha value is -0.820. The first-order valence-corrected chi connectivity index (χ1v) is 5.29. The molecule has 2 nitrogen and oxygen atoms in total. The standard InChI is InChI=1S/C7H3ClF4O2S/c8-5-3-4(1-2-6(5)9)15(13,14)7(10,11)12/h1-3H. The summed E-state index contributed by atoms with van der Waals surface area (Å²) in [4.78, 5) is -1.08. The summed E-state index contributed by atoms with van der Waals surface area (Å²) in [6.07, 6.45) is 0. The van der Waals surface area contributed by atoms with Crippen LogP contribution in [0.1, 0.15) is 0 Å². The van der Waals surface area contributed by atoms with Crippen molar-refractivity contribution in [2.24, 2.45) is 0 Å². The molecule has 1 aromatic carbocycles. The minimum atomic E-state index is -5.47. The quantitative estimate of drug-likeness (QED) is 0.576. The molecule has 8 heteroatoms. The van der Waals surface area contributed by atoms with Gasteiger partial charge in [0.15, 0.2) is 0 Å². The van der Waals surface area contributed by atoms with Gasteiger partial charge in [0.05, 0.1) is 9.92 Å². The highest BCUT2D eigenvalue weighted by Crippen LogP contribution is 2.31. The predicted octanol–water partition coefficient (Wildman–Crippen LogP) is 2.77. The number of sulfone groups is 1. The lowest BCUT2D eigenvalue weighted by Gasteiger charge is -2.08. The zero-order chi connectivity index (χ0) is 11.9. The Kier molecular flexibility index (Phi) is 2.97. The van der Waals surface area contributed by atoms with Crippen molar-refractivity contribution in [3.8, 4) is 0 Å². The molecule has 1 aromatic rings. The van der Waals surface area contributed by atoms with Crippen molar-refractivity contribution >= 4 is 21.4 Å². The summed E-state index contributed by atoms with van der Waals surface area (Å²) in [6.45, 7) is 0. The van der Waals surface area contributed by atoms with E-state index < -0.39 is 31.1 Å². The van der Waals surface area contributed by atoms with Crippen LogP contribution in [0.2, 0.25) is 5.02 Å². The maximum atomic E-state index is 12.6. The van der Waals surface area contributed by atoms with Crippen LogP contribution >= 0.6 is 11.6 Å². The van der Waals surface area contributed by atoms with Crippen LogP contribution < -0.4 is 0 Å². The molecule has 15 heavy (non-hydrogen) atoms. The molecule has 0 saturated carbocycles. The van der Waals surface area contributed by atoms with E-state index in [1.807, 2.05) is 0 Å². The molecule has 0 N–H and O–H groups in total. The van der Waals surface area contributed by atoms with Gasteiger partial charge in [-0.15, -0.1) is 0 Å². The third kappa shape index (κ3) is 2.23. The van der Waals surface area contributed by atoms with Gasteiger partial charge in [-0.05, 0) is 18.2 Å². The molecule has 84 valence electrons. The molecule has 0 aliphatic rings. The number of hydrogen-bond acceptors (Lipinski definition) is 2. The van der Waals surface area contributed by atoms with E-state index in [1.165, 1.54) is 0 Å². The second-order valence-electron chi connectivity index (χ2n) is 2.53. The summed E-state index contributed by atoms with van der Waals surface area (Å²) in [5.41, 5.74) is -5.42. The SMILES string of the molecule is O=S(=O)(c1ccc(F)c(Cl)c1)C(F)(F)F. The predicted molar refractivity (Wildman–Crippen MR) is 44.7 cm³/mol. The van der Waals surface area contributed by atoms with Crippen LogP contribution in [0.5, 0.6) is 0 Å². The number of hydrogen-bond donors (Lipinski definition) is 0. The molecule has 0 aliphatic carbocycles. The second kappa shape index (κ2) is 3.64. The normalized spacial score (nSPS) is 12.9. The van der Waals surface area contributed by atoms with Crippen molar-refractivity contribution in [3.05, 3.63) is 29.0 Å². The van der Waals surface area contributed by atoms with Gasteiger partial charge in [-0.2, -0.15) is 13.2 Å². The second-order valence-corrected chi connectivity index (χ2v) is 4.87. The van der Waals surface area contributed by atoms with Crippen molar-refractivity contribution in [1.29, 1.82) is 0 Å². The van der Waals surface area contributed by atoms with E-state index in [2.05, 4.69) is 0 Å². The lowest BCUT2D eigenvalue weighted by Crippen LogP contribution is -2.23. The maximum Gasteiger partial charge on any atom is 0.501 e. The molecule has 0 amide bonds. The summed E-state index contributed by atoms with van der Waals surface area (Å²) in [6, 6.07) is 1.48. The fourth-order valence-corrected chi connectivity index (χ4v) is 1.81. The van der Waals surface area contributed by atoms with E-state index in [0.29, 0.717) is 18.2 Å². The molecule has 0 radical (unpaired) electrons. The maximum absolute atomic E-state index is 12.6. The third-order valence-electron chi connectivity index (χ3n) is 1.51. The molecule has 1 rings (SSSR count). The van der Waals surface area contributed by atoms with E-state index in [9.17, 15) is 26.0 Å². The number of rotatable bonds is 1. The van der Waals surface area contributed by atoms with Gasteiger partial charge in [-0.25, -0.2) is 12.8 Å². The Morgan fingerprint density at radius 1 is 1.20 bits per heavy atom. The van der Waals surface area contributed by atoms with Crippen LogP contribution in [-0.4, -0.2) is 13.9 Å². The Morgan fingerprint density at radius 3 is 2.13 bits per heavy atom. The van der Waals surface area contributed by atoms with Gasteiger partial charge in [-0.3, -0.25) is 0 Å². The Morgan fingerprint density at radius 2 is 1.73 bits per heavy atom. The molecule has 0 spiro atoms. The molecular weight excluding hydrogens is 260 g/mol. The van der Waals surface area contributed by atoms with E-state index in [1.54, 1.807) is 0 Å². The van der Waals surface area contributed by atoms with Gasteiger partial charge in [0.25, 0.3) is 9.84 Å². The lowest BCUT2D eigenvalue weighted by atomic mass is 10.3. The van der Waals surface area contributed by atoms with Crippen molar-refractivity contribution < 1.29 is 26.0 Å². The van der Waals surface area contributed by atoms with Gasteiger partial charge >= 0.3 is 5.51 Å². The largest absolute Gasteiger partial charge is 0.501 e. The molecule has 0 atom stereocenters. The van der Waals surface area contributed by atoms with Gasteiger partial charge < -0.3 is 0 Å². The highest BCUT2D eigenvalue weighted by molar-refractivity contribution is 7.92. The van der Waals surface area contributed by atoms with Gasteiger partial charge in [0.1, 0.15) is 5.82 Å². The Balaban J connectivity index is 3.36. The van der Waals surface area contributed by atoms with E-state index in [0.717, 1.165) is 0 Å². The molecular formula is C7H3ClF4O2S. The van der Waals surface area contributed by atoms with Crippen LogP contribution in [0.25, 0.3) is 0 Å². The molecule has 0 bridgehead atoms. The molecule has 0 fully saturated rings. The number of halogens is 5. The van der Waals surface area contributed by atoms with E-state index >= 15 is 0 Å². The molecule has 0 saturated heterocycles. The fraction of sp³-hybridized carbons (Fsp3) is 0.143. The summed E-state index contributed by atoms with van der Waals surface area (Å²) in [5, 5.41) is -0.680. The van der Waals surface area contributed by atoms with Crippen molar-refractivity contribution in [3.63, 3.8) is 0 Å².